The minimum atomic E-state index is -3.67. The van der Waals surface area contributed by atoms with Crippen molar-refractivity contribution in [2.75, 3.05) is 11.5 Å². The molecule has 0 radical (unpaired) electrons. The number of carbonyl (C=O) groups is 1. The Morgan fingerprint density at radius 2 is 2.14 bits per heavy atom. The molecule has 1 aromatic heterocycles. The lowest BCUT2D eigenvalue weighted by Crippen LogP contribution is -2.16. The van der Waals surface area contributed by atoms with Crippen LogP contribution in [0.25, 0.3) is 0 Å². The molecule has 0 saturated carbocycles. The van der Waals surface area contributed by atoms with Crippen molar-refractivity contribution in [3.8, 4) is 0 Å². The van der Waals surface area contributed by atoms with Gasteiger partial charge in [0.1, 0.15) is 16.5 Å². The Balaban J connectivity index is 2.73. The van der Waals surface area contributed by atoms with Crippen molar-refractivity contribution in [1.82, 2.24) is 10.2 Å². The molecule has 0 aromatic carbocycles. The summed E-state index contributed by atoms with van der Waals surface area (Å²) in [5.74, 6) is -2.73. The number of aliphatic carboxylic acids is 1. The Morgan fingerprint density at radius 3 is 2.57 bits per heavy atom. The zero-order valence-electron chi connectivity index (χ0n) is 6.87. The number of hydrogen-bond acceptors (Lipinski definition) is 7. The number of aromatic nitrogens is 2. The normalized spacial score (nSPS) is 11.4. The van der Waals surface area contributed by atoms with Crippen LogP contribution in [0.4, 0.5) is 5.13 Å². The SMILES string of the molecule is Nc1nnc(CS(=O)(=O)CC(=O)O)s1. The molecule has 9 heteroatoms. The number of nitrogens with two attached hydrogens (primary N) is 1. The van der Waals surface area contributed by atoms with Crippen molar-refractivity contribution in [2.45, 2.75) is 5.75 Å². The van der Waals surface area contributed by atoms with Gasteiger partial charge in [-0.2, -0.15) is 0 Å². The van der Waals surface area contributed by atoms with Gasteiger partial charge in [0.25, 0.3) is 0 Å². The molecule has 1 heterocycles. The van der Waals surface area contributed by atoms with E-state index in [-0.39, 0.29) is 10.1 Å². The van der Waals surface area contributed by atoms with E-state index in [9.17, 15) is 13.2 Å². The summed E-state index contributed by atoms with van der Waals surface area (Å²) in [7, 11) is -3.67. The van der Waals surface area contributed by atoms with Crippen molar-refractivity contribution in [1.29, 1.82) is 0 Å². The third kappa shape index (κ3) is 3.26. The molecule has 0 amide bonds. The van der Waals surface area contributed by atoms with E-state index in [0.29, 0.717) is 0 Å². The van der Waals surface area contributed by atoms with Crippen molar-refractivity contribution in [2.24, 2.45) is 0 Å². The molecule has 3 N–H and O–H groups in total. The van der Waals surface area contributed by atoms with Gasteiger partial charge in [-0.25, -0.2) is 8.42 Å². The maximum absolute atomic E-state index is 11.1. The van der Waals surface area contributed by atoms with E-state index in [1.807, 2.05) is 0 Å². The second-order valence-corrected chi connectivity index (χ2v) is 5.62. The maximum Gasteiger partial charge on any atom is 0.318 e. The Bertz CT molecular complexity index is 438. The average molecular weight is 237 g/mol. The van der Waals surface area contributed by atoms with Crippen LogP contribution >= 0.6 is 11.3 Å². The first-order valence-corrected chi connectivity index (χ1v) is 6.03. The van der Waals surface area contributed by atoms with E-state index >= 15 is 0 Å². The van der Waals surface area contributed by atoms with Crippen LogP contribution in [0.5, 0.6) is 0 Å². The Morgan fingerprint density at radius 1 is 1.50 bits per heavy atom. The van der Waals surface area contributed by atoms with Gasteiger partial charge >= 0.3 is 5.97 Å². The molecule has 1 rings (SSSR count). The Kier molecular flexibility index (Phi) is 3.01. The predicted molar refractivity (Wildman–Crippen MR) is 49.4 cm³/mol. The van der Waals surface area contributed by atoms with Crippen molar-refractivity contribution < 1.29 is 18.3 Å². The van der Waals surface area contributed by atoms with Crippen LogP contribution in [0, 0.1) is 0 Å². The molecule has 0 saturated heterocycles. The predicted octanol–water partition coefficient (Wildman–Crippen LogP) is -0.880. The molecule has 0 aliphatic rings. The standard InChI is InChI=1S/C5H7N3O4S2/c6-5-8-7-3(13-5)1-14(11,12)2-4(9)10/h1-2H2,(H2,6,8)(H,9,10). The van der Waals surface area contributed by atoms with Gasteiger partial charge in [-0.15, -0.1) is 10.2 Å². The fraction of sp³-hybridized carbons (Fsp3) is 0.400. The highest BCUT2D eigenvalue weighted by molar-refractivity contribution is 7.91. The van der Waals surface area contributed by atoms with Crippen molar-refractivity contribution in [3.63, 3.8) is 0 Å². The molecule has 14 heavy (non-hydrogen) atoms. The zero-order valence-corrected chi connectivity index (χ0v) is 8.51. The van der Waals surface area contributed by atoms with Crippen LogP contribution < -0.4 is 5.73 Å². The molecule has 1 aromatic rings. The number of sulfone groups is 1. The highest BCUT2D eigenvalue weighted by atomic mass is 32.2. The van der Waals surface area contributed by atoms with Gasteiger partial charge in [-0.05, 0) is 0 Å². The summed E-state index contributed by atoms with van der Waals surface area (Å²) in [6.45, 7) is 0. The molecule has 0 spiro atoms. The number of nitrogens with zero attached hydrogens (tertiary/aromatic N) is 2. The topological polar surface area (TPSA) is 123 Å². The largest absolute Gasteiger partial charge is 0.480 e. The Hall–Kier alpha value is -1.22. The number of rotatable bonds is 4. The number of hydrogen-bond donors (Lipinski definition) is 2. The summed E-state index contributed by atoms with van der Waals surface area (Å²) >= 11 is 0.925. The monoisotopic (exact) mass is 237 g/mol. The van der Waals surface area contributed by atoms with E-state index in [4.69, 9.17) is 10.8 Å². The van der Waals surface area contributed by atoms with Crippen LogP contribution in [-0.2, 0) is 20.4 Å². The van der Waals surface area contributed by atoms with Crippen LogP contribution in [0.2, 0.25) is 0 Å². The lowest BCUT2D eigenvalue weighted by Gasteiger charge is -1.95. The third-order valence-electron chi connectivity index (χ3n) is 1.17. The van der Waals surface area contributed by atoms with Gasteiger partial charge in [0.2, 0.25) is 5.13 Å². The molecule has 0 unspecified atom stereocenters. The van der Waals surface area contributed by atoms with Crippen LogP contribution in [-0.4, -0.2) is 35.4 Å². The van der Waals surface area contributed by atoms with E-state index in [1.54, 1.807) is 0 Å². The van der Waals surface area contributed by atoms with Crippen molar-refractivity contribution >= 4 is 32.3 Å². The van der Waals surface area contributed by atoms with Gasteiger partial charge in [0.05, 0.1) is 0 Å². The summed E-state index contributed by atoms with van der Waals surface area (Å²) < 4.78 is 22.3. The second kappa shape index (κ2) is 3.88. The summed E-state index contributed by atoms with van der Waals surface area (Å²) in [4.78, 5) is 10.2. The lowest BCUT2D eigenvalue weighted by molar-refractivity contribution is -0.134. The smallest absolute Gasteiger partial charge is 0.318 e. The fourth-order valence-electron chi connectivity index (χ4n) is 0.752. The van der Waals surface area contributed by atoms with Crippen molar-refractivity contribution in [3.05, 3.63) is 5.01 Å². The van der Waals surface area contributed by atoms with E-state index < -0.39 is 27.3 Å². The number of carboxylic acids is 1. The zero-order chi connectivity index (χ0) is 10.8. The second-order valence-electron chi connectivity index (χ2n) is 2.46. The van der Waals surface area contributed by atoms with Gasteiger partial charge in [-0.1, -0.05) is 11.3 Å². The summed E-state index contributed by atoms with van der Waals surface area (Å²) in [6.07, 6.45) is 0. The number of carboxylic acid groups (broad SMARTS) is 1. The third-order valence-corrected chi connectivity index (χ3v) is 3.50. The molecule has 7 nitrogen and oxygen atoms in total. The van der Waals surface area contributed by atoms with Crippen LogP contribution in [0.3, 0.4) is 0 Å². The molecule has 0 fully saturated rings. The first-order valence-electron chi connectivity index (χ1n) is 3.39. The van der Waals surface area contributed by atoms with E-state index in [1.165, 1.54) is 0 Å². The number of nitrogen functional groups attached to an aromatic ring is 1. The Labute approximate surface area is 83.5 Å². The molecule has 0 aliphatic heterocycles. The molecule has 0 bridgehead atoms. The maximum atomic E-state index is 11.1. The molecular formula is C5H7N3O4S2. The quantitative estimate of drug-likeness (QED) is 0.696. The lowest BCUT2D eigenvalue weighted by atomic mass is 10.8. The number of anilines is 1. The van der Waals surface area contributed by atoms with Gasteiger partial charge in [0.15, 0.2) is 9.84 Å². The summed E-state index contributed by atoms with van der Waals surface area (Å²) in [5.41, 5.74) is 5.23. The van der Waals surface area contributed by atoms with Crippen LogP contribution in [0.15, 0.2) is 0 Å². The molecular weight excluding hydrogens is 230 g/mol. The fourth-order valence-corrected chi connectivity index (χ4v) is 2.84. The molecule has 0 aliphatic carbocycles. The summed E-state index contributed by atoms with van der Waals surface area (Å²) in [5, 5.41) is 15.5. The van der Waals surface area contributed by atoms with Gasteiger partial charge in [0, 0.05) is 0 Å². The van der Waals surface area contributed by atoms with Gasteiger partial charge < -0.3 is 10.8 Å². The average Bonchev–Trinajstić information content (AvgIpc) is 2.30. The first kappa shape index (κ1) is 10.9. The highest BCUT2D eigenvalue weighted by Crippen LogP contribution is 2.14. The highest BCUT2D eigenvalue weighted by Gasteiger charge is 2.18. The van der Waals surface area contributed by atoms with Gasteiger partial charge in [-0.3, -0.25) is 4.79 Å². The molecule has 0 atom stereocenters. The molecule has 78 valence electrons. The summed E-state index contributed by atoms with van der Waals surface area (Å²) in [6, 6.07) is 0. The first-order chi connectivity index (χ1) is 6.39. The van der Waals surface area contributed by atoms with E-state index in [0.717, 1.165) is 11.3 Å². The van der Waals surface area contributed by atoms with Crippen LogP contribution in [0.1, 0.15) is 5.01 Å². The minimum absolute atomic E-state index is 0.158. The van der Waals surface area contributed by atoms with E-state index in [2.05, 4.69) is 10.2 Å². The minimum Gasteiger partial charge on any atom is -0.480 e.